The molecule has 3 nitrogen and oxygen atoms in total. The van der Waals surface area contributed by atoms with Gasteiger partial charge in [-0.3, -0.25) is 0 Å². The number of rotatable bonds is 0. The van der Waals surface area contributed by atoms with Gasteiger partial charge < -0.3 is 0 Å². The van der Waals surface area contributed by atoms with E-state index < -0.39 is 34.2 Å². The molecular weight excluding hydrogens is 376 g/mol. The van der Waals surface area contributed by atoms with Crippen LogP contribution in [0.15, 0.2) is 27.4 Å². The van der Waals surface area contributed by atoms with Crippen LogP contribution < -0.4 is 8.75 Å². The minimum atomic E-state index is -1.80. The monoisotopic (exact) mass is 380 g/mol. The van der Waals surface area contributed by atoms with Crippen molar-refractivity contribution in [1.29, 1.82) is 0 Å². The molecule has 0 aromatic heterocycles. The zero-order valence-corrected chi connectivity index (χ0v) is 13.0. The van der Waals surface area contributed by atoms with E-state index in [1.807, 2.05) is 0 Å². The van der Waals surface area contributed by atoms with Gasteiger partial charge in [0.1, 0.15) is 0 Å². The van der Waals surface area contributed by atoms with E-state index in [-0.39, 0.29) is 16.7 Å². The summed E-state index contributed by atoms with van der Waals surface area (Å²) in [6.45, 7) is 0. The molecule has 2 aliphatic rings. The van der Waals surface area contributed by atoms with Gasteiger partial charge in [0.2, 0.25) is 0 Å². The predicted octanol–water partition coefficient (Wildman–Crippen LogP) is 1.81. The number of aromatic hydroxyl groups is 1. The van der Waals surface area contributed by atoms with Gasteiger partial charge in [-0.2, -0.15) is 0 Å². The summed E-state index contributed by atoms with van der Waals surface area (Å²) in [6.07, 6.45) is 0. The molecule has 1 aliphatic carbocycles. The molecule has 3 rings (SSSR count). The van der Waals surface area contributed by atoms with Crippen LogP contribution in [0.25, 0.3) is 22.3 Å². The van der Waals surface area contributed by atoms with E-state index >= 15 is 0 Å². The molecule has 0 unspecified atom stereocenters. The number of fused-ring (bicyclic) bond motifs is 2. The summed E-state index contributed by atoms with van der Waals surface area (Å²) >= 11 is 0.674. The average Bonchev–Trinajstić information content (AvgIpc) is 2.41. The molecule has 7 heteroatoms. The zero-order chi connectivity index (χ0) is 14.6. The number of phenolic OH excluding ortho intramolecular Hbond substituents is 1. The quantitative estimate of drug-likeness (QED) is 0.478. The van der Waals surface area contributed by atoms with Gasteiger partial charge in [-0.05, 0) is 0 Å². The molecule has 1 N–H and O–H groups in total. The normalized spacial score (nSPS) is 11.3. The van der Waals surface area contributed by atoms with Crippen molar-refractivity contribution in [2.45, 2.75) is 0 Å². The summed E-state index contributed by atoms with van der Waals surface area (Å²) < 4.78 is 46.6. The van der Waals surface area contributed by atoms with E-state index in [1.54, 1.807) is 6.07 Å². The fourth-order valence-electron chi connectivity index (χ4n) is 1.98. The fourth-order valence-corrected chi connectivity index (χ4v) is 2.86. The van der Waals surface area contributed by atoms with Crippen molar-refractivity contribution in [1.82, 2.24) is 0 Å². The first-order valence-electron chi connectivity index (χ1n) is 5.42. The van der Waals surface area contributed by atoms with Crippen molar-refractivity contribution in [3.05, 3.63) is 45.9 Å². The van der Waals surface area contributed by atoms with Gasteiger partial charge in [0.15, 0.2) is 0 Å². The molecule has 2 radical (unpaired) electrons. The maximum absolute atomic E-state index is 13.7. The summed E-state index contributed by atoms with van der Waals surface area (Å²) in [6, 6.07) is 4.06. The second-order valence-corrected chi connectivity index (χ2v) is 6.11. The molecule has 1 aromatic rings. The SMILES string of the molecule is O=c1c(F)c2oc3c[c]([In])cc(O)c3cc-2c(F)c1F. The summed E-state index contributed by atoms with van der Waals surface area (Å²) in [4.78, 5) is 11.2. The first-order chi connectivity index (χ1) is 9.40. The van der Waals surface area contributed by atoms with Crippen LogP contribution in [-0.4, -0.2) is 29.5 Å². The van der Waals surface area contributed by atoms with Crippen LogP contribution in [0.4, 0.5) is 13.2 Å². The van der Waals surface area contributed by atoms with Crippen molar-refractivity contribution < 1.29 is 22.7 Å². The molecule has 0 spiro atoms. The third kappa shape index (κ3) is 1.80. The molecule has 0 amide bonds. The van der Waals surface area contributed by atoms with Crippen LogP contribution in [0.2, 0.25) is 0 Å². The van der Waals surface area contributed by atoms with Crippen LogP contribution in [0.1, 0.15) is 0 Å². The second-order valence-electron chi connectivity index (χ2n) is 4.21. The molecule has 1 heterocycles. The van der Waals surface area contributed by atoms with Crippen molar-refractivity contribution in [2.24, 2.45) is 0 Å². The Morgan fingerprint density at radius 2 is 1.75 bits per heavy atom. The topological polar surface area (TPSA) is 50.4 Å². The molecule has 0 saturated heterocycles. The molecule has 0 atom stereocenters. The molecule has 1 aliphatic heterocycles. The van der Waals surface area contributed by atoms with E-state index in [0.29, 0.717) is 24.4 Å². The van der Waals surface area contributed by atoms with Crippen molar-refractivity contribution in [3.63, 3.8) is 0 Å². The second kappa shape index (κ2) is 4.44. The first kappa shape index (κ1) is 13.4. The van der Waals surface area contributed by atoms with Gasteiger partial charge >= 0.3 is 124 Å². The Labute approximate surface area is 124 Å². The number of hydrogen-bond donors (Lipinski definition) is 1. The van der Waals surface area contributed by atoms with Crippen molar-refractivity contribution >= 4 is 38.7 Å². The number of hydrogen-bond acceptors (Lipinski definition) is 3. The third-order valence-corrected chi connectivity index (χ3v) is 3.87. The molecule has 0 saturated carbocycles. The van der Waals surface area contributed by atoms with Gasteiger partial charge in [-0.1, -0.05) is 0 Å². The summed E-state index contributed by atoms with van der Waals surface area (Å²) in [5.74, 6) is -5.62. The molecule has 1 aromatic carbocycles. The molecule has 98 valence electrons. The maximum atomic E-state index is 13.7. The fraction of sp³-hybridized carbons (Fsp3) is 0. The van der Waals surface area contributed by atoms with E-state index in [4.69, 9.17) is 4.42 Å². The summed E-state index contributed by atoms with van der Waals surface area (Å²) in [5, 5.41) is 9.90. The average molecular weight is 380 g/mol. The molecular formula is C13H4F3InO3. The van der Waals surface area contributed by atoms with Crippen LogP contribution in [0.3, 0.4) is 0 Å². The van der Waals surface area contributed by atoms with E-state index in [0.717, 1.165) is 9.39 Å². The van der Waals surface area contributed by atoms with Gasteiger partial charge in [0, 0.05) is 0 Å². The van der Waals surface area contributed by atoms with E-state index in [9.17, 15) is 23.1 Å². The van der Waals surface area contributed by atoms with Gasteiger partial charge in [0.05, 0.1) is 0 Å². The number of benzene rings is 2. The Kier molecular flexibility index (Phi) is 2.97. The van der Waals surface area contributed by atoms with E-state index in [2.05, 4.69) is 0 Å². The van der Waals surface area contributed by atoms with Crippen LogP contribution in [0.5, 0.6) is 5.75 Å². The zero-order valence-electron chi connectivity index (χ0n) is 9.71. The predicted molar refractivity (Wildman–Crippen MR) is 66.0 cm³/mol. The van der Waals surface area contributed by atoms with Crippen LogP contribution in [-0.2, 0) is 0 Å². The Bertz CT molecular complexity index is 889. The number of phenols is 1. The van der Waals surface area contributed by atoms with Crippen molar-refractivity contribution in [2.75, 3.05) is 0 Å². The Morgan fingerprint density at radius 3 is 2.45 bits per heavy atom. The number of halogens is 3. The van der Waals surface area contributed by atoms with Crippen LogP contribution in [0, 0.1) is 17.5 Å². The molecule has 0 bridgehead atoms. The van der Waals surface area contributed by atoms with Gasteiger partial charge in [-0.25, -0.2) is 0 Å². The molecule has 20 heavy (non-hydrogen) atoms. The molecule has 0 fully saturated rings. The Morgan fingerprint density at radius 1 is 1.05 bits per heavy atom. The Hall–Kier alpha value is -1.63. The minimum absolute atomic E-state index is 0.101. The summed E-state index contributed by atoms with van der Waals surface area (Å²) in [5.41, 5.74) is -2.10. The van der Waals surface area contributed by atoms with Gasteiger partial charge in [-0.15, -0.1) is 0 Å². The Balaban J connectivity index is 2.59. The van der Waals surface area contributed by atoms with Crippen molar-refractivity contribution in [3.8, 4) is 17.1 Å². The third-order valence-electron chi connectivity index (χ3n) is 2.92. The van der Waals surface area contributed by atoms with Gasteiger partial charge in [0.25, 0.3) is 0 Å². The van der Waals surface area contributed by atoms with E-state index in [1.165, 1.54) is 6.07 Å². The summed E-state index contributed by atoms with van der Waals surface area (Å²) in [7, 11) is 0. The first-order valence-corrected chi connectivity index (χ1v) is 7.07. The standard InChI is InChI=1S/C13H4F3O3.In/c14-9-6-4-5-7(17)2-1-3-8(5)19-13(6)11(16)12(18)10(9)15;/h2-4,17H;. The van der Waals surface area contributed by atoms with Crippen LogP contribution >= 0.6 is 0 Å².